The van der Waals surface area contributed by atoms with Crippen LogP contribution in [0.25, 0.3) is 0 Å². The van der Waals surface area contributed by atoms with Gasteiger partial charge in [-0.2, -0.15) is 0 Å². The number of phenolic OH excluding ortho intramolecular Hbond substituents is 1. The Morgan fingerprint density at radius 1 is 1.17 bits per heavy atom. The summed E-state index contributed by atoms with van der Waals surface area (Å²) in [5, 5.41) is 26.5. The van der Waals surface area contributed by atoms with Crippen molar-refractivity contribution in [2.45, 2.75) is 11.8 Å². The number of benzene rings is 2. The number of carbonyl (C=O) groups excluding carboxylic acids is 1. The highest BCUT2D eigenvalue weighted by atomic mass is 32.2. The molecule has 3 aromatic rings. The molecule has 0 radical (unpaired) electrons. The van der Waals surface area contributed by atoms with Gasteiger partial charge in [0.05, 0.1) is 16.0 Å². The fraction of sp³-hybridized carbons (Fsp3) is 0.0588. The second-order valence-corrected chi connectivity index (χ2v) is 7.52. The fourth-order valence-corrected chi connectivity index (χ4v) is 3.45. The molecule has 0 unspecified atom stereocenters. The first-order valence-corrected chi connectivity index (χ1v) is 9.48. The number of hydrogen-bond donors (Lipinski definition) is 3. The molecule has 0 saturated carbocycles. The molecule has 0 aliphatic heterocycles. The quantitative estimate of drug-likeness (QED) is 0.406. The topological polar surface area (TPSA) is 165 Å². The molecule has 3 rings (SSSR count). The number of nitrogens with zero attached hydrogens (tertiary/aromatic N) is 2. The Morgan fingerprint density at radius 3 is 2.41 bits per heavy atom. The van der Waals surface area contributed by atoms with E-state index >= 15 is 0 Å². The van der Waals surface area contributed by atoms with E-state index in [2.05, 4.69) is 15.2 Å². The van der Waals surface area contributed by atoms with Crippen molar-refractivity contribution in [2.75, 3.05) is 10.0 Å². The van der Waals surface area contributed by atoms with Gasteiger partial charge in [-0.1, -0.05) is 5.16 Å². The molecule has 1 amide bonds. The second-order valence-electron chi connectivity index (χ2n) is 5.84. The molecule has 0 saturated heterocycles. The van der Waals surface area contributed by atoms with Crippen LogP contribution in [0.1, 0.15) is 16.1 Å². The average Bonchev–Trinajstić information content (AvgIpc) is 3.09. The number of anilines is 2. The molecule has 0 aliphatic carbocycles. The zero-order chi connectivity index (χ0) is 21.2. The lowest BCUT2D eigenvalue weighted by molar-refractivity contribution is -0.386. The van der Waals surface area contributed by atoms with Crippen LogP contribution in [-0.2, 0) is 10.0 Å². The molecule has 2 aromatic carbocycles. The van der Waals surface area contributed by atoms with Crippen molar-refractivity contribution >= 4 is 33.0 Å². The lowest BCUT2D eigenvalue weighted by Gasteiger charge is -2.10. The van der Waals surface area contributed by atoms with Crippen LogP contribution in [0.4, 0.5) is 17.1 Å². The molecule has 12 heteroatoms. The predicted molar refractivity (Wildman–Crippen MR) is 101 cm³/mol. The standard InChI is InChI=1S/C17H14N4O7S/c1-10-14(9-18-28-10)17(23)19-11-2-4-12(5-3-11)20-29(26,27)13-6-7-16(22)15(8-13)21(24)25/h2-9,20,22H,1H3,(H,19,23). The number of phenols is 1. The Labute approximate surface area is 164 Å². The van der Waals surface area contributed by atoms with E-state index in [1.54, 1.807) is 6.92 Å². The average molecular weight is 418 g/mol. The van der Waals surface area contributed by atoms with Gasteiger partial charge < -0.3 is 14.9 Å². The van der Waals surface area contributed by atoms with Gasteiger partial charge >= 0.3 is 5.69 Å². The summed E-state index contributed by atoms with van der Waals surface area (Å²) in [7, 11) is -4.14. The molecule has 1 aromatic heterocycles. The Bertz CT molecular complexity index is 1190. The minimum Gasteiger partial charge on any atom is -0.502 e. The Hall–Kier alpha value is -3.93. The number of aromatic nitrogens is 1. The van der Waals surface area contributed by atoms with Crippen molar-refractivity contribution < 1.29 is 27.8 Å². The van der Waals surface area contributed by atoms with Crippen molar-refractivity contribution in [3.05, 3.63) is 70.1 Å². The lowest BCUT2D eigenvalue weighted by atomic mass is 10.2. The van der Waals surface area contributed by atoms with E-state index in [1.807, 2.05) is 0 Å². The molecular weight excluding hydrogens is 404 g/mol. The number of nitrogens with one attached hydrogen (secondary N) is 2. The van der Waals surface area contributed by atoms with Crippen LogP contribution in [-0.4, -0.2) is 29.5 Å². The first-order valence-electron chi connectivity index (χ1n) is 8.00. The molecule has 0 aliphatic rings. The zero-order valence-corrected chi connectivity index (χ0v) is 15.6. The van der Waals surface area contributed by atoms with Crippen LogP contribution in [0.5, 0.6) is 5.75 Å². The second kappa shape index (κ2) is 7.59. The molecule has 0 atom stereocenters. The van der Waals surface area contributed by atoms with Gasteiger partial charge in [-0.3, -0.25) is 19.6 Å². The van der Waals surface area contributed by atoms with Crippen LogP contribution in [0.3, 0.4) is 0 Å². The number of amides is 1. The molecule has 150 valence electrons. The third kappa shape index (κ3) is 4.32. The molecule has 0 bridgehead atoms. The van der Waals surface area contributed by atoms with Gasteiger partial charge in [-0.25, -0.2) is 8.42 Å². The summed E-state index contributed by atoms with van der Waals surface area (Å²) in [4.78, 5) is 21.7. The third-order valence-electron chi connectivity index (χ3n) is 3.84. The summed E-state index contributed by atoms with van der Waals surface area (Å²) in [6.45, 7) is 1.59. The third-order valence-corrected chi connectivity index (χ3v) is 5.22. The molecule has 11 nitrogen and oxygen atoms in total. The fourth-order valence-electron chi connectivity index (χ4n) is 2.37. The summed E-state index contributed by atoms with van der Waals surface area (Å²) >= 11 is 0. The van der Waals surface area contributed by atoms with Gasteiger partial charge in [0.15, 0.2) is 5.75 Å². The number of sulfonamides is 1. The summed E-state index contributed by atoms with van der Waals surface area (Å²) < 4.78 is 32.0. The Morgan fingerprint density at radius 2 is 1.83 bits per heavy atom. The molecular formula is C17H14N4O7S. The predicted octanol–water partition coefficient (Wildman–Crippen LogP) is 2.65. The first-order chi connectivity index (χ1) is 13.7. The van der Waals surface area contributed by atoms with Gasteiger partial charge in [-0.05, 0) is 43.3 Å². The van der Waals surface area contributed by atoms with Gasteiger partial charge in [0.2, 0.25) is 0 Å². The SMILES string of the molecule is Cc1oncc1C(=O)Nc1ccc(NS(=O)(=O)c2ccc(O)c([N+](=O)[O-])c2)cc1. The van der Waals surface area contributed by atoms with Crippen LogP contribution >= 0.6 is 0 Å². The minimum absolute atomic E-state index is 0.167. The largest absolute Gasteiger partial charge is 0.502 e. The highest BCUT2D eigenvalue weighted by Gasteiger charge is 2.21. The molecule has 0 spiro atoms. The van der Waals surface area contributed by atoms with E-state index in [0.29, 0.717) is 11.4 Å². The van der Waals surface area contributed by atoms with Crippen LogP contribution in [0.15, 0.2) is 58.1 Å². The van der Waals surface area contributed by atoms with Gasteiger partial charge in [0.1, 0.15) is 11.3 Å². The summed E-state index contributed by atoms with van der Waals surface area (Å²) in [6, 6.07) is 8.48. The highest BCUT2D eigenvalue weighted by Crippen LogP contribution is 2.29. The Balaban J connectivity index is 1.75. The van der Waals surface area contributed by atoms with Gasteiger partial charge in [0.25, 0.3) is 15.9 Å². The maximum Gasteiger partial charge on any atom is 0.312 e. The number of nitro benzene ring substituents is 1. The zero-order valence-electron chi connectivity index (χ0n) is 14.8. The summed E-state index contributed by atoms with van der Waals surface area (Å²) in [5.74, 6) is -0.722. The van der Waals surface area contributed by atoms with Crippen molar-refractivity contribution in [3.63, 3.8) is 0 Å². The number of nitro groups is 1. The number of hydrogen-bond acceptors (Lipinski definition) is 8. The highest BCUT2D eigenvalue weighted by molar-refractivity contribution is 7.92. The van der Waals surface area contributed by atoms with E-state index in [1.165, 1.54) is 30.5 Å². The maximum atomic E-state index is 12.4. The summed E-state index contributed by atoms with van der Waals surface area (Å²) in [5.41, 5.74) is 0.109. The van der Waals surface area contributed by atoms with Gasteiger partial charge in [-0.15, -0.1) is 0 Å². The normalized spacial score (nSPS) is 11.1. The molecule has 3 N–H and O–H groups in total. The smallest absolute Gasteiger partial charge is 0.312 e. The van der Waals surface area contributed by atoms with Gasteiger partial charge in [0, 0.05) is 17.4 Å². The number of carbonyl (C=O) groups is 1. The lowest BCUT2D eigenvalue weighted by Crippen LogP contribution is -2.14. The molecule has 0 fully saturated rings. The van der Waals surface area contributed by atoms with Crippen LogP contribution < -0.4 is 10.0 Å². The number of aromatic hydroxyl groups is 1. The summed E-state index contributed by atoms with van der Waals surface area (Å²) in [6.07, 6.45) is 1.28. The molecule has 29 heavy (non-hydrogen) atoms. The number of rotatable bonds is 6. The van der Waals surface area contributed by atoms with E-state index in [9.17, 15) is 28.4 Å². The monoisotopic (exact) mass is 418 g/mol. The van der Waals surface area contributed by atoms with Crippen molar-refractivity contribution in [1.29, 1.82) is 0 Å². The molecule has 1 heterocycles. The maximum absolute atomic E-state index is 12.4. The van der Waals surface area contributed by atoms with E-state index in [0.717, 1.165) is 18.2 Å². The van der Waals surface area contributed by atoms with Crippen molar-refractivity contribution in [1.82, 2.24) is 5.16 Å². The van der Waals surface area contributed by atoms with E-state index < -0.39 is 32.3 Å². The van der Waals surface area contributed by atoms with Crippen molar-refractivity contribution in [2.24, 2.45) is 0 Å². The van der Waals surface area contributed by atoms with Crippen LogP contribution in [0, 0.1) is 17.0 Å². The minimum atomic E-state index is -4.14. The van der Waals surface area contributed by atoms with E-state index in [4.69, 9.17) is 4.52 Å². The van der Waals surface area contributed by atoms with Crippen molar-refractivity contribution in [3.8, 4) is 5.75 Å². The van der Waals surface area contributed by atoms with E-state index in [-0.39, 0.29) is 16.1 Å². The van der Waals surface area contributed by atoms with Crippen LogP contribution in [0.2, 0.25) is 0 Å². The Kier molecular flexibility index (Phi) is 5.19. The number of aryl methyl sites for hydroxylation is 1. The first kappa shape index (κ1) is 19.8.